The topological polar surface area (TPSA) is 101 Å². The van der Waals surface area contributed by atoms with Crippen molar-refractivity contribution in [2.24, 2.45) is 0 Å². The van der Waals surface area contributed by atoms with Crippen LogP contribution >= 0.6 is 11.8 Å². The van der Waals surface area contributed by atoms with E-state index in [0.29, 0.717) is 23.9 Å². The highest BCUT2D eigenvalue weighted by molar-refractivity contribution is 7.99. The molecule has 0 saturated heterocycles. The van der Waals surface area contributed by atoms with Gasteiger partial charge in [-0.2, -0.15) is 0 Å². The van der Waals surface area contributed by atoms with Crippen molar-refractivity contribution in [1.29, 1.82) is 0 Å². The number of hydrogen-bond donors (Lipinski definition) is 2. The van der Waals surface area contributed by atoms with E-state index in [-0.39, 0.29) is 11.7 Å². The van der Waals surface area contributed by atoms with Crippen molar-refractivity contribution in [3.05, 3.63) is 48.3 Å². The van der Waals surface area contributed by atoms with E-state index in [9.17, 15) is 14.7 Å². The Kier molecular flexibility index (Phi) is 7.21. The van der Waals surface area contributed by atoms with Gasteiger partial charge in [0.1, 0.15) is 16.9 Å². The number of anilines is 1. The lowest BCUT2D eigenvalue weighted by atomic mass is 10.1. The second kappa shape index (κ2) is 9.63. The Balaban J connectivity index is 2.00. The molecule has 1 atom stereocenters. The molecule has 132 valence electrons. The van der Waals surface area contributed by atoms with Gasteiger partial charge in [0.15, 0.2) is 0 Å². The summed E-state index contributed by atoms with van der Waals surface area (Å²) in [6.07, 6.45) is 3.29. The zero-order chi connectivity index (χ0) is 18.1. The molecule has 0 unspecified atom stereocenters. The van der Waals surface area contributed by atoms with Crippen LogP contribution in [-0.4, -0.2) is 45.4 Å². The molecule has 0 amide bonds. The van der Waals surface area contributed by atoms with Crippen LogP contribution in [0.3, 0.4) is 0 Å². The molecule has 1 aromatic carbocycles. The van der Waals surface area contributed by atoms with E-state index in [1.165, 1.54) is 24.2 Å². The third-order valence-corrected chi connectivity index (χ3v) is 4.03. The number of hydrogen-bond acceptors (Lipinski definition) is 7. The number of carboxylic acids is 1. The third-order valence-electron chi connectivity index (χ3n) is 3.16. The van der Waals surface area contributed by atoms with E-state index in [0.717, 1.165) is 5.56 Å². The van der Waals surface area contributed by atoms with Gasteiger partial charge in [-0.3, -0.25) is 9.78 Å². The summed E-state index contributed by atoms with van der Waals surface area (Å²) in [5, 5.41) is 12.8. The molecule has 0 bridgehead atoms. The summed E-state index contributed by atoms with van der Waals surface area (Å²) in [7, 11) is 0. The maximum atomic E-state index is 11.5. The molecule has 1 aromatic heterocycles. The van der Waals surface area contributed by atoms with Gasteiger partial charge in [-0.05, 0) is 12.5 Å². The first-order chi connectivity index (χ1) is 12.1. The summed E-state index contributed by atoms with van der Waals surface area (Å²) < 4.78 is 4.85. The first-order valence-electron chi connectivity index (χ1n) is 7.72. The van der Waals surface area contributed by atoms with Crippen molar-refractivity contribution in [1.82, 2.24) is 9.97 Å². The number of aromatic nitrogens is 2. The van der Waals surface area contributed by atoms with Crippen molar-refractivity contribution in [3.8, 4) is 0 Å². The summed E-state index contributed by atoms with van der Waals surface area (Å²) in [6.45, 7) is 2.07. The molecule has 25 heavy (non-hydrogen) atoms. The van der Waals surface area contributed by atoms with Crippen LogP contribution in [0.15, 0.2) is 47.8 Å². The Morgan fingerprint density at radius 2 is 2.04 bits per heavy atom. The third kappa shape index (κ3) is 6.42. The van der Waals surface area contributed by atoms with E-state index < -0.39 is 12.0 Å². The van der Waals surface area contributed by atoms with Crippen LogP contribution in [-0.2, 0) is 20.7 Å². The molecule has 0 aliphatic carbocycles. The first kappa shape index (κ1) is 18.7. The summed E-state index contributed by atoms with van der Waals surface area (Å²) in [5.74, 6) is -0.842. The molecule has 0 spiro atoms. The predicted molar refractivity (Wildman–Crippen MR) is 94.6 cm³/mol. The Labute approximate surface area is 149 Å². The van der Waals surface area contributed by atoms with Crippen LogP contribution in [0, 0.1) is 0 Å². The second-order valence-electron chi connectivity index (χ2n) is 5.06. The second-order valence-corrected chi connectivity index (χ2v) is 6.06. The predicted octanol–water partition coefficient (Wildman–Crippen LogP) is 2.24. The highest BCUT2D eigenvalue weighted by Crippen LogP contribution is 2.17. The minimum absolute atomic E-state index is 0.123. The Morgan fingerprint density at radius 3 is 2.72 bits per heavy atom. The number of esters is 1. The fourth-order valence-electron chi connectivity index (χ4n) is 2.05. The molecule has 8 heteroatoms. The number of carbonyl (C=O) groups is 2. The van der Waals surface area contributed by atoms with Gasteiger partial charge in [0.25, 0.3) is 0 Å². The van der Waals surface area contributed by atoms with E-state index >= 15 is 0 Å². The number of thioether (sulfide) groups is 1. The van der Waals surface area contributed by atoms with Gasteiger partial charge in [0, 0.05) is 6.42 Å². The summed E-state index contributed by atoms with van der Waals surface area (Å²) in [5.41, 5.74) is 0.906. The minimum atomic E-state index is -0.977. The van der Waals surface area contributed by atoms with Crippen LogP contribution in [0.1, 0.15) is 12.5 Å². The van der Waals surface area contributed by atoms with Gasteiger partial charge in [-0.25, -0.2) is 9.78 Å². The van der Waals surface area contributed by atoms with Crippen molar-refractivity contribution in [3.63, 3.8) is 0 Å². The number of nitrogens with zero attached hydrogens (tertiary/aromatic N) is 2. The minimum Gasteiger partial charge on any atom is -0.480 e. The number of benzene rings is 1. The zero-order valence-corrected chi connectivity index (χ0v) is 14.5. The SMILES string of the molecule is CCOC(=O)CSc1cncc(N[C@@H](Cc2ccccc2)C(=O)O)n1. The zero-order valence-electron chi connectivity index (χ0n) is 13.7. The lowest BCUT2D eigenvalue weighted by Gasteiger charge is -2.15. The van der Waals surface area contributed by atoms with Gasteiger partial charge in [0.2, 0.25) is 0 Å². The van der Waals surface area contributed by atoms with E-state index in [4.69, 9.17) is 4.74 Å². The highest BCUT2D eigenvalue weighted by Gasteiger charge is 2.18. The highest BCUT2D eigenvalue weighted by atomic mass is 32.2. The molecule has 0 aliphatic heterocycles. The number of nitrogens with one attached hydrogen (secondary N) is 1. The fraction of sp³-hybridized carbons (Fsp3) is 0.294. The van der Waals surface area contributed by atoms with Crippen molar-refractivity contribution in [2.75, 3.05) is 17.7 Å². The normalized spacial score (nSPS) is 11.6. The maximum Gasteiger partial charge on any atom is 0.326 e. The first-order valence-corrected chi connectivity index (χ1v) is 8.70. The van der Waals surface area contributed by atoms with Crippen molar-refractivity contribution < 1.29 is 19.4 Å². The van der Waals surface area contributed by atoms with E-state index in [2.05, 4.69) is 15.3 Å². The lowest BCUT2D eigenvalue weighted by molar-refractivity contribution is -0.140. The van der Waals surface area contributed by atoms with Crippen LogP contribution < -0.4 is 5.32 Å². The van der Waals surface area contributed by atoms with Crippen LogP contribution in [0.5, 0.6) is 0 Å². The molecule has 1 heterocycles. The molecule has 7 nitrogen and oxygen atoms in total. The molecular weight excluding hydrogens is 342 g/mol. The standard InChI is InChI=1S/C17H19N3O4S/c1-2-24-16(21)11-25-15-10-18-9-14(20-15)19-13(17(22)23)8-12-6-4-3-5-7-12/h3-7,9-10,13H,2,8,11H2,1H3,(H,19,20)(H,22,23)/t13-/m0/s1. The van der Waals surface area contributed by atoms with Crippen LogP contribution in [0.2, 0.25) is 0 Å². The largest absolute Gasteiger partial charge is 0.480 e. The molecular formula is C17H19N3O4S. The van der Waals surface area contributed by atoms with Gasteiger partial charge in [-0.15, -0.1) is 0 Å². The molecule has 2 N–H and O–H groups in total. The van der Waals surface area contributed by atoms with Gasteiger partial charge >= 0.3 is 11.9 Å². The Bertz CT molecular complexity index is 712. The number of carbonyl (C=O) groups excluding carboxylic acids is 1. The van der Waals surface area contributed by atoms with Gasteiger partial charge in [-0.1, -0.05) is 42.1 Å². The Hall–Kier alpha value is -2.61. The number of aliphatic carboxylic acids is 1. The lowest BCUT2D eigenvalue weighted by Crippen LogP contribution is -2.32. The van der Waals surface area contributed by atoms with Crippen LogP contribution in [0.25, 0.3) is 0 Å². The number of carboxylic acid groups (broad SMARTS) is 1. The monoisotopic (exact) mass is 361 g/mol. The molecule has 0 fully saturated rings. The quantitative estimate of drug-likeness (QED) is 0.518. The number of ether oxygens (including phenoxy) is 1. The van der Waals surface area contributed by atoms with E-state index in [1.54, 1.807) is 6.92 Å². The molecule has 2 rings (SSSR count). The molecule has 0 aliphatic rings. The van der Waals surface area contributed by atoms with Crippen molar-refractivity contribution in [2.45, 2.75) is 24.4 Å². The van der Waals surface area contributed by atoms with Crippen LogP contribution in [0.4, 0.5) is 5.82 Å². The molecule has 0 saturated carbocycles. The molecule has 0 radical (unpaired) electrons. The molecule has 2 aromatic rings. The summed E-state index contributed by atoms with van der Waals surface area (Å²) in [6, 6.07) is 8.51. The van der Waals surface area contributed by atoms with Gasteiger partial charge in [0.05, 0.1) is 24.8 Å². The maximum absolute atomic E-state index is 11.5. The van der Waals surface area contributed by atoms with Crippen molar-refractivity contribution >= 4 is 29.5 Å². The average Bonchev–Trinajstić information content (AvgIpc) is 2.61. The fourth-order valence-corrected chi connectivity index (χ4v) is 2.70. The van der Waals surface area contributed by atoms with E-state index in [1.807, 2.05) is 30.3 Å². The summed E-state index contributed by atoms with van der Waals surface area (Å²) >= 11 is 1.19. The average molecular weight is 361 g/mol. The van der Waals surface area contributed by atoms with Gasteiger partial charge < -0.3 is 15.2 Å². The Morgan fingerprint density at radius 1 is 1.28 bits per heavy atom. The summed E-state index contributed by atoms with van der Waals surface area (Å²) in [4.78, 5) is 31.2. The number of rotatable bonds is 9. The smallest absolute Gasteiger partial charge is 0.326 e.